The minimum Gasteiger partial charge on any atom is -0.334 e. The summed E-state index contributed by atoms with van der Waals surface area (Å²) >= 11 is 2.05. The first-order chi connectivity index (χ1) is 14.7. The average molecular weight is 539 g/mol. The van der Waals surface area contributed by atoms with Crippen LogP contribution in [0.5, 0.6) is 0 Å². The van der Waals surface area contributed by atoms with Gasteiger partial charge in [-0.15, -0.1) is 0 Å². The molecule has 0 aliphatic heterocycles. The number of aromatic nitrogens is 4. The zero-order valence-corrected chi connectivity index (χ0v) is 18.0. The zero-order chi connectivity index (χ0) is 22.2. The first-order valence-corrected chi connectivity index (χ1v) is 9.94. The van der Waals surface area contributed by atoms with Crippen LogP contribution in [0, 0.1) is 10.5 Å². The topological polar surface area (TPSA) is 85.8 Å². The summed E-state index contributed by atoms with van der Waals surface area (Å²) < 4.78 is 47.8. The molecule has 0 unspecified atom stereocenters. The van der Waals surface area contributed by atoms with Crippen molar-refractivity contribution in [2.24, 2.45) is 0 Å². The van der Waals surface area contributed by atoms with Crippen molar-refractivity contribution in [3.05, 3.63) is 75.4 Å². The van der Waals surface area contributed by atoms with Gasteiger partial charge in [0.2, 0.25) is 0 Å². The van der Waals surface area contributed by atoms with Crippen LogP contribution in [0.1, 0.15) is 21.9 Å². The highest BCUT2D eigenvalue weighted by atomic mass is 127. The number of aryl methyl sites for hydroxylation is 1. The first kappa shape index (κ1) is 21.0. The van der Waals surface area contributed by atoms with Crippen molar-refractivity contribution < 1.29 is 22.5 Å². The highest BCUT2D eigenvalue weighted by Gasteiger charge is 2.40. The largest absolute Gasteiger partial charge is 0.434 e. The van der Waals surface area contributed by atoms with Gasteiger partial charge in [0.1, 0.15) is 0 Å². The van der Waals surface area contributed by atoms with Gasteiger partial charge in [-0.05, 0) is 65.9 Å². The van der Waals surface area contributed by atoms with Crippen molar-refractivity contribution in [2.75, 3.05) is 5.32 Å². The van der Waals surface area contributed by atoms with Crippen LogP contribution in [0.25, 0.3) is 17.1 Å². The van der Waals surface area contributed by atoms with E-state index in [4.69, 9.17) is 4.52 Å². The van der Waals surface area contributed by atoms with Crippen LogP contribution in [0.3, 0.4) is 0 Å². The van der Waals surface area contributed by atoms with E-state index < -0.39 is 11.9 Å². The van der Waals surface area contributed by atoms with Gasteiger partial charge >= 0.3 is 6.18 Å². The standard InChI is InChI=1S/C20H13F3IN5O2/c1-11-26-19(31-28-11)15-10-25-29(17(15)20(21,22)23)13-8-6-12(7-9-13)27-18(30)14-4-2-3-5-16(14)24/h2-10H,1H3,(H,27,30). The van der Waals surface area contributed by atoms with E-state index in [9.17, 15) is 18.0 Å². The summed E-state index contributed by atoms with van der Waals surface area (Å²) in [5.74, 6) is -0.372. The summed E-state index contributed by atoms with van der Waals surface area (Å²) in [7, 11) is 0. The second-order valence-corrected chi connectivity index (χ2v) is 7.61. The van der Waals surface area contributed by atoms with Crippen LogP contribution >= 0.6 is 22.6 Å². The van der Waals surface area contributed by atoms with E-state index in [2.05, 4.69) is 43.1 Å². The minimum atomic E-state index is -4.72. The Bertz CT molecular complexity index is 1250. The molecule has 0 spiro atoms. The summed E-state index contributed by atoms with van der Waals surface area (Å²) in [6, 6.07) is 12.9. The Kier molecular flexibility index (Phi) is 5.52. The molecule has 0 bridgehead atoms. The van der Waals surface area contributed by atoms with E-state index in [1.54, 1.807) is 18.2 Å². The van der Waals surface area contributed by atoms with Crippen LogP contribution < -0.4 is 5.32 Å². The fourth-order valence-electron chi connectivity index (χ4n) is 2.91. The maximum absolute atomic E-state index is 13.8. The summed E-state index contributed by atoms with van der Waals surface area (Å²) in [5.41, 5.74) is -0.266. The van der Waals surface area contributed by atoms with Crippen molar-refractivity contribution >= 4 is 34.2 Å². The smallest absolute Gasteiger partial charge is 0.334 e. The van der Waals surface area contributed by atoms with Gasteiger partial charge in [-0.3, -0.25) is 4.79 Å². The number of rotatable bonds is 4. The number of hydrogen-bond acceptors (Lipinski definition) is 5. The molecule has 1 amide bonds. The van der Waals surface area contributed by atoms with E-state index >= 15 is 0 Å². The molecule has 7 nitrogen and oxygen atoms in total. The lowest BCUT2D eigenvalue weighted by molar-refractivity contribution is -0.142. The summed E-state index contributed by atoms with van der Waals surface area (Å²) in [6.07, 6.45) is -3.69. The van der Waals surface area contributed by atoms with E-state index in [1.165, 1.54) is 31.2 Å². The SMILES string of the molecule is Cc1noc(-c2cnn(-c3ccc(NC(=O)c4ccccc4I)cc3)c2C(F)(F)F)n1. The summed E-state index contributed by atoms with van der Waals surface area (Å²) in [4.78, 5) is 16.3. The molecule has 0 aliphatic carbocycles. The van der Waals surface area contributed by atoms with Crippen LogP contribution in [0.15, 0.2) is 59.3 Å². The lowest BCUT2D eigenvalue weighted by Crippen LogP contribution is -2.15. The number of nitrogens with one attached hydrogen (secondary N) is 1. The number of carbonyl (C=O) groups excluding carboxylic acids is 1. The fourth-order valence-corrected chi connectivity index (χ4v) is 3.54. The molecule has 2 heterocycles. The van der Waals surface area contributed by atoms with Gasteiger partial charge < -0.3 is 9.84 Å². The molecule has 11 heteroatoms. The van der Waals surface area contributed by atoms with Crippen molar-refractivity contribution in [3.8, 4) is 17.1 Å². The number of halogens is 4. The molecule has 4 rings (SSSR count). The third kappa shape index (κ3) is 4.31. The Labute approximate surface area is 187 Å². The molecule has 1 N–H and O–H groups in total. The van der Waals surface area contributed by atoms with Crippen LogP contribution in [-0.4, -0.2) is 25.8 Å². The molecule has 0 fully saturated rings. The van der Waals surface area contributed by atoms with E-state index in [1.807, 2.05) is 6.07 Å². The predicted octanol–water partition coefficient (Wildman–Crippen LogP) is 5.11. The number of benzene rings is 2. The average Bonchev–Trinajstić information content (AvgIpc) is 3.35. The van der Waals surface area contributed by atoms with Crippen molar-refractivity contribution in [1.29, 1.82) is 0 Å². The van der Waals surface area contributed by atoms with Gasteiger partial charge in [0.15, 0.2) is 11.5 Å². The Morgan fingerprint density at radius 2 is 1.84 bits per heavy atom. The third-order valence-electron chi connectivity index (χ3n) is 4.28. The molecule has 2 aromatic heterocycles. The molecule has 0 atom stereocenters. The number of anilines is 1. The lowest BCUT2D eigenvalue weighted by atomic mass is 10.2. The molecule has 2 aromatic carbocycles. The molecule has 0 saturated carbocycles. The van der Waals surface area contributed by atoms with Gasteiger partial charge in [0, 0.05) is 9.26 Å². The van der Waals surface area contributed by atoms with Crippen molar-refractivity contribution in [2.45, 2.75) is 13.1 Å². The number of amides is 1. The number of hydrogen-bond donors (Lipinski definition) is 1. The van der Waals surface area contributed by atoms with E-state index in [0.717, 1.165) is 14.4 Å². The predicted molar refractivity (Wildman–Crippen MR) is 114 cm³/mol. The molecule has 0 radical (unpaired) electrons. The fraction of sp³-hybridized carbons (Fsp3) is 0.100. The number of nitrogens with zero attached hydrogens (tertiary/aromatic N) is 4. The highest BCUT2D eigenvalue weighted by molar-refractivity contribution is 14.1. The van der Waals surface area contributed by atoms with Crippen molar-refractivity contribution in [3.63, 3.8) is 0 Å². The van der Waals surface area contributed by atoms with Crippen LogP contribution in [-0.2, 0) is 6.18 Å². The zero-order valence-electron chi connectivity index (χ0n) is 15.8. The Balaban J connectivity index is 1.64. The summed E-state index contributed by atoms with van der Waals surface area (Å²) in [6.45, 7) is 1.51. The maximum Gasteiger partial charge on any atom is 0.434 e. The van der Waals surface area contributed by atoms with Gasteiger partial charge in [-0.25, -0.2) is 4.68 Å². The highest BCUT2D eigenvalue weighted by Crippen LogP contribution is 2.38. The second-order valence-electron chi connectivity index (χ2n) is 6.44. The van der Waals surface area contributed by atoms with Crippen LogP contribution in [0.4, 0.5) is 18.9 Å². The van der Waals surface area contributed by atoms with Crippen molar-refractivity contribution in [1.82, 2.24) is 19.9 Å². The summed E-state index contributed by atoms with van der Waals surface area (Å²) in [5, 5.41) is 10.1. The normalized spacial score (nSPS) is 11.5. The second kappa shape index (κ2) is 8.13. The quantitative estimate of drug-likeness (QED) is 0.365. The first-order valence-electron chi connectivity index (χ1n) is 8.86. The molecule has 0 saturated heterocycles. The molecule has 31 heavy (non-hydrogen) atoms. The van der Waals surface area contributed by atoms with E-state index in [-0.39, 0.29) is 28.9 Å². The number of alkyl halides is 3. The Morgan fingerprint density at radius 3 is 2.45 bits per heavy atom. The third-order valence-corrected chi connectivity index (χ3v) is 5.22. The van der Waals surface area contributed by atoms with Gasteiger partial charge in [0.05, 0.1) is 23.0 Å². The van der Waals surface area contributed by atoms with Gasteiger partial charge in [-0.2, -0.15) is 23.3 Å². The molecular weight excluding hydrogens is 526 g/mol. The Morgan fingerprint density at radius 1 is 1.13 bits per heavy atom. The van der Waals surface area contributed by atoms with Gasteiger partial charge in [0.25, 0.3) is 11.8 Å². The molecule has 158 valence electrons. The van der Waals surface area contributed by atoms with E-state index in [0.29, 0.717) is 11.3 Å². The lowest BCUT2D eigenvalue weighted by Gasteiger charge is -2.12. The monoisotopic (exact) mass is 539 g/mol. The minimum absolute atomic E-state index is 0.155. The number of carbonyl (C=O) groups is 1. The molecular formula is C20H13F3IN5O2. The maximum atomic E-state index is 13.8. The Hall–Kier alpha value is -3.22. The molecule has 0 aliphatic rings. The molecule has 4 aromatic rings. The van der Waals surface area contributed by atoms with Crippen LogP contribution in [0.2, 0.25) is 0 Å². The van der Waals surface area contributed by atoms with Gasteiger partial charge in [-0.1, -0.05) is 17.3 Å².